The van der Waals surface area contributed by atoms with Crippen LogP contribution in [0, 0.1) is 5.92 Å². The smallest absolute Gasteiger partial charge is 0.306 e. The van der Waals surface area contributed by atoms with E-state index in [4.69, 9.17) is 14.9 Å². The zero-order valence-corrected chi connectivity index (χ0v) is 16.0. The number of unbranched alkanes of at least 4 members (excludes halogenated alkanes) is 1. The van der Waals surface area contributed by atoms with Crippen LogP contribution in [-0.4, -0.2) is 22.3 Å². The molecule has 0 amide bonds. The molecule has 1 N–H and O–H groups in total. The molecule has 134 valence electrons. The van der Waals surface area contributed by atoms with Crippen molar-refractivity contribution < 1.29 is 19.7 Å². The average molecular weight is 318 g/mol. The molecule has 0 aliphatic heterocycles. The van der Waals surface area contributed by atoms with Crippen molar-refractivity contribution in [3.63, 3.8) is 0 Å². The SMILES string of the molecule is CCC(C)(C)OOC(C)(C)CC.CCCCC(CC)C(=O)O. The van der Waals surface area contributed by atoms with Crippen molar-refractivity contribution in [2.75, 3.05) is 0 Å². The van der Waals surface area contributed by atoms with Gasteiger partial charge in [-0.25, -0.2) is 9.78 Å². The van der Waals surface area contributed by atoms with Crippen LogP contribution in [0.1, 0.15) is 93.9 Å². The molecule has 4 heteroatoms. The number of carbonyl (C=O) groups is 1. The van der Waals surface area contributed by atoms with E-state index in [1.807, 2.05) is 34.6 Å². The van der Waals surface area contributed by atoms with Crippen LogP contribution >= 0.6 is 0 Å². The molecule has 1 unspecified atom stereocenters. The van der Waals surface area contributed by atoms with Crippen LogP contribution in [0.5, 0.6) is 0 Å². The zero-order valence-electron chi connectivity index (χ0n) is 16.0. The molecule has 0 aliphatic carbocycles. The summed E-state index contributed by atoms with van der Waals surface area (Å²) in [4.78, 5) is 21.1. The Hall–Kier alpha value is -0.610. The summed E-state index contributed by atoms with van der Waals surface area (Å²) in [6.45, 7) is 16.3. The molecule has 0 aliphatic rings. The second-order valence-corrected chi connectivity index (χ2v) is 6.98. The molecule has 0 radical (unpaired) electrons. The van der Waals surface area contributed by atoms with E-state index in [0.29, 0.717) is 0 Å². The first-order valence-corrected chi connectivity index (χ1v) is 8.64. The Morgan fingerprint density at radius 1 is 0.955 bits per heavy atom. The molecule has 0 spiro atoms. The van der Waals surface area contributed by atoms with Crippen LogP contribution in [0.3, 0.4) is 0 Å². The molecular formula is C18H38O4. The second kappa shape index (κ2) is 11.9. The molecule has 0 saturated heterocycles. The third kappa shape index (κ3) is 13.1. The zero-order chi connectivity index (χ0) is 17.8. The Morgan fingerprint density at radius 3 is 1.59 bits per heavy atom. The molecule has 0 saturated carbocycles. The van der Waals surface area contributed by atoms with Crippen LogP contribution in [0.15, 0.2) is 0 Å². The van der Waals surface area contributed by atoms with E-state index < -0.39 is 5.97 Å². The van der Waals surface area contributed by atoms with E-state index in [-0.39, 0.29) is 17.1 Å². The molecule has 0 aromatic carbocycles. The number of rotatable bonds is 10. The van der Waals surface area contributed by atoms with E-state index in [2.05, 4.69) is 20.8 Å². The number of carboxylic acid groups (broad SMARTS) is 1. The van der Waals surface area contributed by atoms with E-state index in [0.717, 1.165) is 38.5 Å². The molecule has 1 atom stereocenters. The van der Waals surface area contributed by atoms with Gasteiger partial charge in [0, 0.05) is 0 Å². The lowest BCUT2D eigenvalue weighted by Crippen LogP contribution is -2.31. The van der Waals surface area contributed by atoms with Gasteiger partial charge in [-0.3, -0.25) is 4.79 Å². The summed E-state index contributed by atoms with van der Waals surface area (Å²) in [7, 11) is 0. The maximum absolute atomic E-state index is 10.4. The Balaban J connectivity index is 0. The largest absolute Gasteiger partial charge is 0.481 e. The Bertz CT molecular complexity index is 269. The molecule has 22 heavy (non-hydrogen) atoms. The van der Waals surface area contributed by atoms with Crippen molar-refractivity contribution in [2.45, 2.75) is 105 Å². The van der Waals surface area contributed by atoms with Crippen molar-refractivity contribution in [1.29, 1.82) is 0 Å². The Kier molecular flexibility index (Phi) is 12.8. The van der Waals surface area contributed by atoms with Crippen molar-refractivity contribution in [1.82, 2.24) is 0 Å². The summed E-state index contributed by atoms with van der Waals surface area (Å²) in [6, 6.07) is 0. The molecular weight excluding hydrogens is 280 g/mol. The van der Waals surface area contributed by atoms with Gasteiger partial charge in [0.05, 0.1) is 17.1 Å². The van der Waals surface area contributed by atoms with Gasteiger partial charge in [-0.15, -0.1) is 0 Å². The predicted molar refractivity (Wildman–Crippen MR) is 91.9 cm³/mol. The second-order valence-electron chi connectivity index (χ2n) is 6.98. The number of hydrogen-bond acceptors (Lipinski definition) is 3. The molecule has 0 rings (SSSR count). The summed E-state index contributed by atoms with van der Waals surface area (Å²) in [5.74, 6) is -0.754. The van der Waals surface area contributed by atoms with E-state index in [1.54, 1.807) is 0 Å². The van der Waals surface area contributed by atoms with E-state index in [1.165, 1.54) is 0 Å². The molecule has 0 fully saturated rings. The van der Waals surface area contributed by atoms with E-state index >= 15 is 0 Å². The number of carboxylic acids is 1. The van der Waals surface area contributed by atoms with Crippen LogP contribution in [0.2, 0.25) is 0 Å². The highest BCUT2D eigenvalue weighted by Gasteiger charge is 2.23. The predicted octanol–water partition coefficient (Wildman–Crippen LogP) is 5.60. The van der Waals surface area contributed by atoms with Gasteiger partial charge in [0.25, 0.3) is 0 Å². The minimum atomic E-state index is -0.643. The van der Waals surface area contributed by atoms with Gasteiger partial charge in [0.2, 0.25) is 0 Å². The first kappa shape index (κ1) is 23.7. The third-order valence-electron chi connectivity index (χ3n) is 3.94. The third-order valence-corrected chi connectivity index (χ3v) is 3.94. The molecule has 0 bridgehead atoms. The molecule has 0 heterocycles. The lowest BCUT2D eigenvalue weighted by molar-refractivity contribution is -0.401. The first-order chi connectivity index (χ1) is 10.0. The van der Waals surface area contributed by atoms with Crippen LogP contribution in [-0.2, 0) is 14.6 Å². The number of aliphatic carboxylic acids is 1. The summed E-state index contributed by atoms with van der Waals surface area (Å²) >= 11 is 0. The van der Waals surface area contributed by atoms with Crippen molar-refractivity contribution >= 4 is 5.97 Å². The van der Waals surface area contributed by atoms with Gasteiger partial charge in [-0.05, 0) is 53.4 Å². The standard InChI is InChI=1S/C10H22O2.C8H16O2/c1-7-9(3,4)11-12-10(5,6)8-2;1-3-5-6-7(4-2)8(9)10/h7-8H2,1-6H3;7H,3-6H2,1-2H3,(H,9,10). The lowest BCUT2D eigenvalue weighted by atomic mass is 10.00. The fourth-order valence-electron chi connectivity index (χ4n) is 1.30. The maximum Gasteiger partial charge on any atom is 0.306 e. The summed E-state index contributed by atoms with van der Waals surface area (Å²) in [5.41, 5.74) is -0.348. The number of hydrogen-bond donors (Lipinski definition) is 1. The minimum absolute atomic E-state index is 0.111. The minimum Gasteiger partial charge on any atom is -0.481 e. The fraction of sp³-hybridized carbons (Fsp3) is 0.944. The molecule has 4 nitrogen and oxygen atoms in total. The topological polar surface area (TPSA) is 55.8 Å². The van der Waals surface area contributed by atoms with Gasteiger partial charge < -0.3 is 5.11 Å². The van der Waals surface area contributed by atoms with Gasteiger partial charge in [0.15, 0.2) is 0 Å². The normalized spacial score (nSPS) is 13.3. The Morgan fingerprint density at radius 2 is 1.36 bits per heavy atom. The average Bonchev–Trinajstić information content (AvgIpc) is 2.47. The molecule has 0 aromatic heterocycles. The highest BCUT2D eigenvalue weighted by atomic mass is 17.2. The van der Waals surface area contributed by atoms with Crippen molar-refractivity contribution in [2.24, 2.45) is 5.92 Å². The quantitative estimate of drug-likeness (QED) is 0.421. The maximum atomic E-state index is 10.4. The summed E-state index contributed by atoms with van der Waals surface area (Å²) in [5, 5.41) is 8.60. The van der Waals surface area contributed by atoms with Crippen molar-refractivity contribution in [3.05, 3.63) is 0 Å². The van der Waals surface area contributed by atoms with E-state index in [9.17, 15) is 4.79 Å². The van der Waals surface area contributed by atoms with Crippen LogP contribution in [0.4, 0.5) is 0 Å². The highest BCUT2D eigenvalue weighted by molar-refractivity contribution is 5.69. The van der Waals surface area contributed by atoms with Crippen LogP contribution in [0.25, 0.3) is 0 Å². The summed E-state index contributed by atoms with van der Waals surface area (Å²) in [6.07, 6.45) is 5.62. The lowest BCUT2D eigenvalue weighted by Gasteiger charge is -2.29. The highest BCUT2D eigenvalue weighted by Crippen LogP contribution is 2.21. The summed E-state index contributed by atoms with van der Waals surface area (Å²) < 4.78 is 0. The van der Waals surface area contributed by atoms with Crippen molar-refractivity contribution in [3.8, 4) is 0 Å². The van der Waals surface area contributed by atoms with Gasteiger partial charge in [-0.2, -0.15) is 0 Å². The first-order valence-electron chi connectivity index (χ1n) is 8.64. The van der Waals surface area contributed by atoms with Gasteiger partial charge in [-0.1, -0.05) is 40.5 Å². The van der Waals surface area contributed by atoms with Gasteiger partial charge in [0.1, 0.15) is 0 Å². The monoisotopic (exact) mass is 318 g/mol. The Labute approximate surface area is 137 Å². The van der Waals surface area contributed by atoms with Gasteiger partial charge >= 0.3 is 5.97 Å². The van der Waals surface area contributed by atoms with Crippen LogP contribution < -0.4 is 0 Å². The fourth-order valence-corrected chi connectivity index (χ4v) is 1.30. The molecule has 0 aromatic rings.